The van der Waals surface area contributed by atoms with Gasteiger partial charge < -0.3 is 15.2 Å². The van der Waals surface area contributed by atoms with Gasteiger partial charge >= 0.3 is 0 Å². The van der Waals surface area contributed by atoms with Crippen molar-refractivity contribution >= 4 is 0 Å². The SMILES string of the molecule is CC(C)C(N)c1onc2c1CN(C)CC2. The van der Waals surface area contributed by atoms with E-state index in [-0.39, 0.29) is 6.04 Å². The molecule has 2 rings (SSSR count). The van der Waals surface area contributed by atoms with Gasteiger partial charge in [-0.05, 0) is 13.0 Å². The summed E-state index contributed by atoms with van der Waals surface area (Å²) < 4.78 is 5.39. The monoisotopic (exact) mass is 209 g/mol. The zero-order valence-electron chi connectivity index (χ0n) is 9.66. The van der Waals surface area contributed by atoms with Crippen LogP contribution in [-0.4, -0.2) is 23.6 Å². The van der Waals surface area contributed by atoms with Gasteiger partial charge in [-0.1, -0.05) is 19.0 Å². The minimum Gasteiger partial charge on any atom is -0.359 e. The van der Waals surface area contributed by atoms with Crippen molar-refractivity contribution in [2.24, 2.45) is 11.7 Å². The quantitative estimate of drug-likeness (QED) is 0.798. The molecular weight excluding hydrogens is 190 g/mol. The van der Waals surface area contributed by atoms with Crippen LogP contribution in [0.1, 0.15) is 36.9 Å². The lowest BCUT2D eigenvalue weighted by Gasteiger charge is -2.22. The van der Waals surface area contributed by atoms with E-state index in [4.69, 9.17) is 10.3 Å². The topological polar surface area (TPSA) is 55.3 Å². The predicted molar refractivity (Wildman–Crippen MR) is 58.3 cm³/mol. The molecule has 0 saturated heterocycles. The fourth-order valence-corrected chi connectivity index (χ4v) is 1.93. The van der Waals surface area contributed by atoms with Crippen molar-refractivity contribution in [3.63, 3.8) is 0 Å². The van der Waals surface area contributed by atoms with Crippen LogP contribution in [0.3, 0.4) is 0 Å². The van der Waals surface area contributed by atoms with Crippen LogP contribution in [0.2, 0.25) is 0 Å². The number of likely N-dealkylation sites (N-methyl/N-ethyl adjacent to an activating group) is 1. The minimum atomic E-state index is -0.0345. The summed E-state index contributed by atoms with van der Waals surface area (Å²) in [6.07, 6.45) is 0.972. The van der Waals surface area contributed by atoms with Gasteiger partial charge in [0, 0.05) is 25.1 Å². The van der Waals surface area contributed by atoms with Gasteiger partial charge in [-0.3, -0.25) is 0 Å². The summed E-state index contributed by atoms with van der Waals surface area (Å²) in [6, 6.07) is -0.0345. The molecule has 84 valence electrons. The maximum atomic E-state index is 6.10. The summed E-state index contributed by atoms with van der Waals surface area (Å²) in [4.78, 5) is 2.27. The second kappa shape index (κ2) is 3.94. The third-order valence-corrected chi connectivity index (χ3v) is 3.08. The van der Waals surface area contributed by atoms with Gasteiger partial charge in [-0.25, -0.2) is 0 Å². The van der Waals surface area contributed by atoms with Gasteiger partial charge in [0.1, 0.15) is 0 Å². The Bertz CT molecular complexity index is 346. The average Bonchev–Trinajstić information content (AvgIpc) is 2.59. The van der Waals surface area contributed by atoms with Crippen LogP contribution in [-0.2, 0) is 13.0 Å². The highest BCUT2D eigenvalue weighted by Crippen LogP contribution is 2.28. The lowest BCUT2D eigenvalue weighted by molar-refractivity contribution is 0.307. The molecule has 2 N–H and O–H groups in total. The summed E-state index contributed by atoms with van der Waals surface area (Å²) in [5.74, 6) is 1.26. The smallest absolute Gasteiger partial charge is 0.158 e. The molecule has 0 saturated carbocycles. The van der Waals surface area contributed by atoms with Crippen molar-refractivity contribution in [1.29, 1.82) is 0 Å². The second-order valence-corrected chi connectivity index (χ2v) is 4.73. The molecule has 15 heavy (non-hydrogen) atoms. The van der Waals surface area contributed by atoms with Crippen molar-refractivity contribution in [3.05, 3.63) is 17.0 Å². The molecule has 0 aliphatic carbocycles. The number of fused-ring (bicyclic) bond motifs is 1. The highest BCUT2D eigenvalue weighted by molar-refractivity contribution is 5.27. The molecule has 1 aliphatic rings. The van der Waals surface area contributed by atoms with Crippen LogP contribution in [0.15, 0.2) is 4.52 Å². The molecule has 1 aromatic heterocycles. The van der Waals surface area contributed by atoms with E-state index in [9.17, 15) is 0 Å². The van der Waals surface area contributed by atoms with Crippen LogP contribution in [0.25, 0.3) is 0 Å². The largest absolute Gasteiger partial charge is 0.359 e. The Kier molecular flexibility index (Phi) is 2.80. The summed E-state index contributed by atoms with van der Waals surface area (Å²) in [7, 11) is 2.11. The summed E-state index contributed by atoms with van der Waals surface area (Å²) in [5.41, 5.74) is 8.41. The fraction of sp³-hybridized carbons (Fsp3) is 0.727. The molecule has 2 heterocycles. The van der Waals surface area contributed by atoms with Crippen molar-refractivity contribution in [2.75, 3.05) is 13.6 Å². The van der Waals surface area contributed by atoms with Crippen molar-refractivity contribution in [3.8, 4) is 0 Å². The molecule has 0 radical (unpaired) electrons. The number of aromatic nitrogens is 1. The van der Waals surface area contributed by atoms with Gasteiger partial charge in [0.2, 0.25) is 0 Å². The van der Waals surface area contributed by atoms with E-state index in [1.165, 1.54) is 5.56 Å². The average molecular weight is 209 g/mol. The van der Waals surface area contributed by atoms with Crippen molar-refractivity contribution in [2.45, 2.75) is 32.9 Å². The van der Waals surface area contributed by atoms with E-state index in [2.05, 4.69) is 31.0 Å². The molecule has 0 amide bonds. The number of hydrogen-bond acceptors (Lipinski definition) is 4. The molecule has 0 spiro atoms. The number of hydrogen-bond donors (Lipinski definition) is 1. The summed E-state index contributed by atoms with van der Waals surface area (Å²) in [5, 5.41) is 4.11. The van der Waals surface area contributed by atoms with Crippen LogP contribution in [0.5, 0.6) is 0 Å². The Balaban J connectivity index is 2.30. The van der Waals surface area contributed by atoms with Gasteiger partial charge in [-0.2, -0.15) is 0 Å². The minimum absolute atomic E-state index is 0.0345. The van der Waals surface area contributed by atoms with E-state index in [1.807, 2.05) is 0 Å². The molecular formula is C11H19N3O. The van der Waals surface area contributed by atoms with E-state index >= 15 is 0 Å². The molecule has 1 aliphatic heterocycles. The lowest BCUT2D eigenvalue weighted by Crippen LogP contribution is -2.28. The maximum Gasteiger partial charge on any atom is 0.158 e. The van der Waals surface area contributed by atoms with Crippen LogP contribution in [0.4, 0.5) is 0 Å². The first kappa shape index (κ1) is 10.6. The molecule has 4 nitrogen and oxygen atoms in total. The van der Waals surface area contributed by atoms with Gasteiger partial charge in [-0.15, -0.1) is 0 Å². The third-order valence-electron chi connectivity index (χ3n) is 3.08. The predicted octanol–water partition coefficient (Wildman–Crippen LogP) is 1.32. The third kappa shape index (κ3) is 1.92. The van der Waals surface area contributed by atoms with Crippen molar-refractivity contribution < 1.29 is 4.52 Å². The molecule has 0 bridgehead atoms. The van der Waals surface area contributed by atoms with Crippen LogP contribution in [0, 0.1) is 5.92 Å². The summed E-state index contributed by atoms with van der Waals surface area (Å²) >= 11 is 0. The van der Waals surface area contributed by atoms with Gasteiger partial charge in [0.25, 0.3) is 0 Å². The molecule has 1 atom stereocenters. The standard InChI is InChI=1S/C11H19N3O/c1-7(2)10(12)11-8-6-14(3)5-4-9(8)13-15-11/h7,10H,4-6,12H2,1-3H3. The first-order chi connectivity index (χ1) is 7.09. The van der Waals surface area contributed by atoms with Crippen LogP contribution >= 0.6 is 0 Å². The molecule has 4 heteroatoms. The van der Waals surface area contributed by atoms with E-state index in [0.717, 1.165) is 31.0 Å². The molecule has 1 aromatic rings. The van der Waals surface area contributed by atoms with E-state index in [0.29, 0.717) is 5.92 Å². The Morgan fingerprint density at radius 2 is 2.20 bits per heavy atom. The highest BCUT2D eigenvalue weighted by Gasteiger charge is 2.26. The number of nitrogens with zero attached hydrogens (tertiary/aromatic N) is 2. The first-order valence-corrected chi connectivity index (χ1v) is 5.51. The second-order valence-electron chi connectivity index (χ2n) is 4.73. The summed E-state index contributed by atoms with van der Waals surface area (Å²) in [6.45, 7) is 6.17. The zero-order chi connectivity index (χ0) is 11.0. The zero-order valence-corrected chi connectivity index (χ0v) is 9.66. The van der Waals surface area contributed by atoms with Crippen molar-refractivity contribution in [1.82, 2.24) is 10.1 Å². The number of nitrogens with two attached hydrogens (primary N) is 1. The fourth-order valence-electron chi connectivity index (χ4n) is 1.93. The van der Waals surface area contributed by atoms with Gasteiger partial charge in [0.05, 0.1) is 11.7 Å². The van der Waals surface area contributed by atoms with E-state index in [1.54, 1.807) is 0 Å². The normalized spacial score (nSPS) is 19.3. The Hall–Kier alpha value is -0.870. The Morgan fingerprint density at radius 3 is 2.87 bits per heavy atom. The Labute approximate surface area is 90.4 Å². The van der Waals surface area contributed by atoms with E-state index < -0.39 is 0 Å². The molecule has 0 fully saturated rings. The van der Waals surface area contributed by atoms with Crippen LogP contribution < -0.4 is 5.73 Å². The number of rotatable bonds is 2. The molecule has 0 aromatic carbocycles. The van der Waals surface area contributed by atoms with Gasteiger partial charge in [0.15, 0.2) is 5.76 Å². The highest BCUT2D eigenvalue weighted by atomic mass is 16.5. The molecule has 1 unspecified atom stereocenters. The first-order valence-electron chi connectivity index (χ1n) is 5.51. The Morgan fingerprint density at radius 1 is 1.47 bits per heavy atom. The maximum absolute atomic E-state index is 6.10. The lowest BCUT2D eigenvalue weighted by atomic mass is 9.96.